The summed E-state index contributed by atoms with van der Waals surface area (Å²) in [6, 6.07) is 0. The number of halogens is 3. The highest BCUT2D eigenvalue weighted by atomic mass is 32.2. The molecule has 2 heterocycles. The van der Waals surface area contributed by atoms with Gasteiger partial charge in [-0.05, 0) is 13.8 Å². The van der Waals surface area contributed by atoms with E-state index in [1.807, 2.05) is 13.8 Å². The van der Waals surface area contributed by atoms with Crippen LogP contribution in [0.1, 0.15) is 13.8 Å². The van der Waals surface area contributed by atoms with E-state index < -0.39 is 33.8 Å². The van der Waals surface area contributed by atoms with Crippen LogP contribution in [-0.4, -0.2) is 22.5 Å². The van der Waals surface area contributed by atoms with Crippen molar-refractivity contribution in [3.8, 4) is 0 Å². The van der Waals surface area contributed by atoms with Gasteiger partial charge in [0.05, 0.1) is 0 Å². The molecule has 2 bridgehead atoms. The number of amidine groups is 1. The van der Waals surface area contributed by atoms with Crippen molar-refractivity contribution in [3.63, 3.8) is 0 Å². The van der Waals surface area contributed by atoms with Crippen LogP contribution in [0.25, 0.3) is 0 Å². The van der Waals surface area contributed by atoms with E-state index in [4.69, 9.17) is 0 Å². The van der Waals surface area contributed by atoms with E-state index in [1.165, 1.54) is 0 Å². The van der Waals surface area contributed by atoms with Gasteiger partial charge in [-0.15, -0.1) is 0 Å². The lowest BCUT2D eigenvalue weighted by atomic mass is 10.4. The molecule has 0 saturated heterocycles. The molecule has 0 spiro atoms. The highest BCUT2D eigenvalue weighted by Gasteiger charge is 2.42. The van der Waals surface area contributed by atoms with Gasteiger partial charge in [0.15, 0.2) is 0 Å². The van der Waals surface area contributed by atoms with Crippen molar-refractivity contribution < 1.29 is 13.2 Å². The molecule has 2 aliphatic rings. The van der Waals surface area contributed by atoms with Gasteiger partial charge >= 0.3 is 6.18 Å². The molecule has 0 aromatic heterocycles. The molecule has 0 aromatic carbocycles. The number of nitrogens with zero attached hydrogens (tertiary/aromatic N) is 3. The summed E-state index contributed by atoms with van der Waals surface area (Å²) >= 11 is 0. The van der Waals surface area contributed by atoms with Crippen LogP contribution in [0.5, 0.6) is 0 Å². The Bertz CT molecular complexity index is 371. The van der Waals surface area contributed by atoms with Crippen LogP contribution in [0, 0.1) is 0 Å². The van der Waals surface area contributed by atoms with Gasteiger partial charge in [0.25, 0.3) is 5.84 Å². The second-order valence-electron chi connectivity index (χ2n) is 3.07. The lowest BCUT2D eigenvalue weighted by Gasteiger charge is -2.07. The van der Waals surface area contributed by atoms with Crippen molar-refractivity contribution in [2.24, 2.45) is 12.5 Å². The minimum absolute atomic E-state index is 0.0851. The fourth-order valence-corrected chi connectivity index (χ4v) is 5.34. The van der Waals surface area contributed by atoms with E-state index in [2.05, 4.69) is 12.5 Å². The third-order valence-corrected chi connectivity index (χ3v) is 6.35. The number of fused-ring (bicyclic) bond motifs is 1. The van der Waals surface area contributed by atoms with E-state index in [0.29, 0.717) is 0 Å². The first-order chi connectivity index (χ1) is 6.39. The lowest BCUT2D eigenvalue weighted by molar-refractivity contribution is -0.0593. The fraction of sp³-hybridized carbons (Fsp3) is 0.833. The molecule has 8 heteroatoms. The summed E-state index contributed by atoms with van der Waals surface area (Å²) in [4.78, 5) is 0. The van der Waals surface area contributed by atoms with E-state index >= 15 is 0 Å². The van der Waals surface area contributed by atoms with Crippen molar-refractivity contribution in [2.45, 2.75) is 30.5 Å². The summed E-state index contributed by atoms with van der Waals surface area (Å²) in [5.74, 6) is -0.977. The zero-order valence-corrected chi connectivity index (χ0v) is 9.08. The summed E-state index contributed by atoms with van der Waals surface area (Å²) in [6.45, 7) is 3.76. The summed E-state index contributed by atoms with van der Waals surface area (Å²) in [6.07, 6.45) is -4.42. The largest absolute Gasteiger partial charge is 0.452 e. The van der Waals surface area contributed by atoms with E-state index in [-0.39, 0.29) is 10.5 Å². The van der Waals surface area contributed by atoms with Crippen LogP contribution in [0.15, 0.2) is 12.5 Å². The number of hydrogen-bond acceptors (Lipinski definition) is 3. The Hall–Kier alpha value is -0.240. The third-order valence-electron chi connectivity index (χ3n) is 2.09. The van der Waals surface area contributed by atoms with E-state index in [9.17, 15) is 13.2 Å². The van der Waals surface area contributed by atoms with Crippen LogP contribution in [0.2, 0.25) is 0 Å². The summed E-state index contributed by atoms with van der Waals surface area (Å²) in [7, 11) is -1.63. The van der Waals surface area contributed by atoms with Crippen molar-refractivity contribution >= 4 is 27.6 Å². The topological polar surface area (TPSA) is 37.1 Å². The van der Waals surface area contributed by atoms with Crippen LogP contribution in [0.3, 0.4) is 0 Å². The molecule has 2 rings (SSSR count). The Kier molecular flexibility index (Phi) is 2.30. The molecule has 1 unspecified atom stereocenters. The van der Waals surface area contributed by atoms with Crippen molar-refractivity contribution in [1.82, 2.24) is 0 Å². The van der Waals surface area contributed by atoms with Gasteiger partial charge in [0, 0.05) is 32.3 Å². The summed E-state index contributed by atoms with van der Waals surface area (Å²) in [5.41, 5.74) is 0. The standard InChI is InChI=1S/C6H8F3N3S2/c1-3-4(2)14-11-5(6(7,8)9)10-13(3)12-14/h3-4H,1-2H3/t3-,4+,13-,14?/m1/s1. The average molecular weight is 243 g/mol. The van der Waals surface area contributed by atoms with Crippen molar-refractivity contribution in [3.05, 3.63) is 0 Å². The Morgan fingerprint density at radius 1 is 1.14 bits per heavy atom. The quantitative estimate of drug-likeness (QED) is 0.625. The van der Waals surface area contributed by atoms with Gasteiger partial charge in [-0.2, -0.15) is 25.7 Å². The summed E-state index contributed by atoms with van der Waals surface area (Å²) in [5, 5.41) is 0.170. The maximum atomic E-state index is 12.3. The Morgan fingerprint density at radius 2 is 1.71 bits per heavy atom. The minimum atomic E-state index is -4.42. The molecule has 0 fully saturated rings. The van der Waals surface area contributed by atoms with Gasteiger partial charge < -0.3 is 0 Å². The van der Waals surface area contributed by atoms with Crippen LogP contribution < -0.4 is 0 Å². The first-order valence-corrected chi connectivity index (χ1v) is 6.36. The second kappa shape index (κ2) is 3.13. The Labute approximate surface area is 84.3 Å². The molecule has 2 aliphatic heterocycles. The zero-order valence-electron chi connectivity index (χ0n) is 7.45. The number of rotatable bonds is 0. The molecule has 0 aromatic rings. The monoisotopic (exact) mass is 243 g/mol. The predicted molar refractivity (Wildman–Crippen MR) is 52.0 cm³/mol. The third kappa shape index (κ3) is 1.54. The molecule has 0 amide bonds. The minimum Gasteiger partial charge on any atom is -0.179 e. The van der Waals surface area contributed by atoms with Gasteiger partial charge in [-0.1, -0.05) is 0 Å². The normalized spacial score (nSPS) is 41.4. The molecular formula is C6H8F3N3S2. The van der Waals surface area contributed by atoms with Gasteiger partial charge in [0.1, 0.15) is 0 Å². The first-order valence-electron chi connectivity index (χ1n) is 3.95. The summed E-state index contributed by atoms with van der Waals surface area (Å²) < 4.78 is 48.1. The second-order valence-corrected chi connectivity index (χ2v) is 6.69. The SMILES string of the molecule is C[C@@H]1[C@H](C)S2=N[S@]1=NC(C(F)(F)F)=N2. The lowest BCUT2D eigenvalue weighted by Crippen LogP contribution is -2.22. The average Bonchev–Trinajstić information content (AvgIpc) is 2.29. The number of alkyl halides is 3. The molecule has 4 atom stereocenters. The predicted octanol–water partition coefficient (Wildman–Crippen LogP) is 2.19. The van der Waals surface area contributed by atoms with E-state index in [0.717, 1.165) is 0 Å². The van der Waals surface area contributed by atoms with Crippen molar-refractivity contribution in [2.75, 3.05) is 0 Å². The zero-order chi connectivity index (χ0) is 10.5. The first kappa shape index (κ1) is 10.3. The maximum Gasteiger partial charge on any atom is 0.452 e. The van der Waals surface area contributed by atoms with Gasteiger partial charge in [0.2, 0.25) is 0 Å². The molecule has 14 heavy (non-hydrogen) atoms. The molecule has 0 radical (unpaired) electrons. The molecule has 0 N–H and O–H groups in total. The van der Waals surface area contributed by atoms with Crippen LogP contribution in [-0.2, 0) is 21.8 Å². The van der Waals surface area contributed by atoms with E-state index in [1.54, 1.807) is 0 Å². The van der Waals surface area contributed by atoms with Gasteiger partial charge in [-0.25, -0.2) is 0 Å². The molecule has 0 saturated carbocycles. The molecule has 0 aliphatic carbocycles. The maximum absolute atomic E-state index is 12.3. The molecule has 80 valence electrons. The van der Waals surface area contributed by atoms with Crippen LogP contribution in [0.4, 0.5) is 13.2 Å². The van der Waals surface area contributed by atoms with Crippen molar-refractivity contribution in [1.29, 1.82) is 0 Å². The Balaban J connectivity index is 2.42. The molecular weight excluding hydrogens is 235 g/mol. The highest BCUT2D eigenvalue weighted by Crippen LogP contribution is 2.31. The Morgan fingerprint density at radius 3 is 2.21 bits per heavy atom. The van der Waals surface area contributed by atoms with Gasteiger partial charge in [-0.3, -0.25) is 0 Å². The van der Waals surface area contributed by atoms with Crippen LogP contribution >= 0.6 is 0 Å². The number of hydrogen-bond donors (Lipinski definition) is 0. The smallest absolute Gasteiger partial charge is 0.179 e. The fourth-order valence-electron chi connectivity index (χ4n) is 1.05. The highest BCUT2D eigenvalue weighted by molar-refractivity contribution is 8.02. The molecule has 3 nitrogen and oxygen atoms in total.